The van der Waals surface area contributed by atoms with Crippen LogP contribution >= 0.6 is 11.6 Å². The lowest BCUT2D eigenvalue weighted by molar-refractivity contribution is 0.306. The third kappa shape index (κ3) is 4.39. The Bertz CT molecular complexity index is 1170. The van der Waals surface area contributed by atoms with Gasteiger partial charge in [-0.3, -0.25) is 0 Å². The molecule has 0 bridgehead atoms. The molecule has 0 spiro atoms. The van der Waals surface area contributed by atoms with Gasteiger partial charge in [0.05, 0.1) is 19.7 Å². The highest BCUT2D eigenvalue weighted by Gasteiger charge is 2.13. The van der Waals surface area contributed by atoms with Gasteiger partial charge in [-0.2, -0.15) is 4.98 Å². The van der Waals surface area contributed by atoms with Gasteiger partial charge in [0.15, 0.2) is 11.5 Å². The van der Waals surface area contributed by atoms with Crippen LogP contribution in [0.5, 0.6) is 17.2 Å². The van der Waals surface area contributed by atoms with Crippen LogP contribution < -0.4 is 19.5 Å². The Kier molecular flexibility index (Phi) is 5.86. The summed E-state index contributed by atoms with van der Waals surface area (Å²) >= 11 is 6.15. The number of fused-ring (bicyclic) bond motifs is 1. The molecule has 0 amide bonds. The van der Waals surface area contributed by atoms with E-state index in [-0.39, 0.29) is 5.28 Å². The lowest BCUT2D eigenvalue weighted by atomic mass is 10.2. The molecule has 0 aliphatic rings. The van der Waals surface area contributed by atoms with Gasteiger partial charge in [0.25, 0.3) is 0 Å². The molecule has 1 heterocycles. The summed E-state index contributed by atoms with van der Waals surface area (Å²) in [5.41, 5.74) is 2.56. The highest BCUT2D eigenvalue weighted by Crippen LogP contribution is 2.35. The molecule has 1 N–H and O–H groups in total. The van der Waals surface area contributed by atoms with Crippen molar-refractivity contribution in [3.05, 3.63) is 77.6 Å². The lowest BCUT2D eigenvalue weighted by Crippen LogP contribution is -2.00. The fourth-order valence-electron chi connectivity index (χ4n) is 3.06. The summed E-state index contributed by atoms with van der Waals surface area (Å²) < 4.78 is 16.7. The highest BCUT2D eigenvalue weighted by atomic mass is 35.5. The number of ether oxygens (including phenoxy) is 3. The van der Waals surface area contributed by atoms with E-state index in [9.17, 15) is 0 Å². The minimum Gasteiger partial charge on any atom is -0.493 e. The third-order valence-corrected chi connectivity index (χ3v) is 4.69. The van der Waals surface area contributed by atoms with Gasteiger partial charge >= 0.3 is 0 Å². The summed E-state index contributed by atoms with van der Waals surface area (Å²) in [5, 5.41) is 4.19. The number of halogens is 1. The summed E-state index contributed by atoms with van der Waals surface area (Å²) in [6.07, 6.45) is 0. The van der Waals surface area contributed by atoms with Gasteiger partial charge in [-0.25, -0.2) is 4.98 Å². The van der Waals surface area contributed by atoms with Crippen LogP contribution in [0.3, 0.4) is 0 Å². The number of hydrogen-bond acceptors (Lipinski definition) is 6. The monoisotopic (exact) mass is 421 g/mol. The second-order valence-electron chi connectivity index (χ2n) is 6.49. The minimum absolute atomic E-state index is 0.133. The summed E-state index contributed by atoms with van der Waals surface area (Å²) in [6.45, 7) is 0.490. The third-order valence-electron chi connectivity index (χ3n) is 4.52. The van der Waals surface area contributed by atoms with E-state index in [1.807, 2.05) is 60.7 Å². The standard InChI is InChI=1S/C23H20ClN3O3/c1-28-20-12-18-19(13-21(20)29-2)26-23(24)27-22(18)25-16-9-6-10-17(11-16)30-14-15-7-4-3-5-8-15/h3-13H,14H2,1-2H3,(H,25,26,27). The summed E-state index contributed by atoms with van der Waals surface area (Å²) in [4.78, 5) is 8.65. The SMILES string of the molecule is COc1cc2nc(Cl)nc(Nc3cccc(OCc4ccccc4)c3)c2cc1OC. The molecule has 0 aliphatic carbocycles. The van der Waals surface area contributed by atoms with Gasteiger partial charge < -0.3 is 19.5 Å². The molecule has 0 saturated heterocycles. The molecule has 0 saturated carbocycles. The molecule has 0 aliphatic heterocycles. The average molecular weight is 422 g/mol. The van der Waals surface area contributed by atoms with Gasteiger partial charge in [0, 0.05) is 23.2 Å². The maximum Gasteiger partial charge on any atom is 0.224 e. The van der Waals surface area contributed by atoms with Gasteiger partial charge in [-0.15, -0.1) is 0 Å². The zero-order chi connectivity index (χ0) is 20.9. The van der Waals surface area contributed by atoms with Crippen molar-refractivity contribution in [3.63, 3.8) is 0 Å². The van der Waals surface area contributed by atoms with Crippen molar-refractivity contribution in [3.8, 4) is 17.2 Å². The van der Waals surface area contributed by atoms with E-state index in [1.54, 1.807) is 20.3 Å². The molecular weight excluding hydrogens is 402 g/mol. The number of aromatic nitrogens is 2. The molecule has 0 atom stereocenters. The van der Waals surface area contributed by atoms with Gasteiger partial charge in [-0.05, 0) is 35.4 Å². The van der Waals surface area contributed by atoms with Crippen molar-refractivity contribution in [2.75, 3.05) is 19.5 Å². The van der Waals surface area contributed by atoms with Crippen LogP contribution in [0.1, 0.15) is 5.56 Å². The fraction of sp³-hybridized carbons (Fsp3) is 0.130. The molecule has 4 rings (SSSR count). The van der Waals surface area contributed by atoms with Crippen LogP contribution in [0, 0.1) is 0 Å². The van der Waals surface area contributed by atoms with Crippen LogP contribution in [0.25, 0.3) is 10.9 Å². The molecule has 30 heavy (non-hydrogen) atoms. The Morgan fingerprint density at radius 2 is 1.63 bits per heavy atom. The lowest BCUT2D eigenvalue weighted by Gasteiger charge is -2.13. The zero-order valence-electron chi connectivity index (χ0n) is 16.6. The van der Waals surface area contributed by atoms with Crippen LogP contribution in [0.2, 0.25) is 5.28 Å². The topological polar surface area (TPSA) is 65.5 Å². The maximum atomic E-state index is 6.15. The molecule has 3 aromatic carbocycles. The molecular formula is C23H20ClN3O3. The summed E-state index contributed by atoms with van der Waals surface area (Å²) in [7, 11) is 3.16. The first-order valence-corrected chi connectivity index (χ1v) is 9.67. The van der Waals surface area contributed by atoms with Gasteiger partial charge in [0.1, 0.15) is 18.2 Å². The van der Waals surface area contributed by atoms with Crippen LogP contribution in [-0.4, -0.2) is 24.2 Å². The molecule has 152 valence electrons. The Morgan fingerprint density at radius 3 is 2.40 bits per heavy atom. The molecule has 0 radical (unpaired) electrons. The molecule has 0 fully saturated rings. The van der Waals surface area contributed by atoms with E-state index < -0.39 is 0 Å². The van der Waals surface area contributed by atoms with Crippen molar-refractivity contribution in [1.82, 2.24) is 9.97 Å². The largest absolute Gasteiger partial charge is 0.493 e. The summed E-state index contributed by atoms with van der Waals surface area (Å²) in [5.74, 6) is 2.46. The number of rotatable bonds is 7. The highest BCUT2D eigenvalue weighted by molar-refractivity contribution is 6.28. The number of anilines is 2. The first kappa shape index (κ1) is 19.8. The molecule has 4 aromatic rings. The van der Waals surface area contributed by atoms with Crippen molar-refractivity contribution >= 4 is 34.0 Å². The normalized spacial score (nSPS) is 10.6. The number of nitrogens with zero attached hydrogens (tertiary/aromatic N) is 2. The second kappa shape index (κ2) is 8.88. The average Bonchev–Trinajstić information content (AvgIpc) is 2.77. The predicted molar refractivity (Wildman–Crippen MR) is 118 cm³/mol. The number of methoxy groups -OCH3 is 2. The van der Waals surface area contributed by atoms with E-state index in [2.05, 4.69) is 15.3 Å². The Labute approximate surface area is 179 Å². The van der Waals surface area contributed by atoms with E-state index in [0.29, 0.717) is 29.4 Å². The quantitative estimate of drug-likeness (QED) is 0.390. The van der Waals surface area contributed by atoms with E-state index >= 15 is 0 Å². The van der Waals surface area contributed by atoms with Crippen molar-refractivity contribution in [1.29, 1.82) is 0 Å². The Balaban J connectivity index is 1.62. The van der Waals surface area contributed by atoms with Crippen LogP contribution in [-0.2, 0) is 6.61 Å². The first-order chi connectivity index (χ1) is 14.7. The smallest absolute Gasteiger partial charge is 0.224 e. The second-order valence-corrected chi connectivity index (χ2v) is 6.83. The molecule has 1 aromatic heterocycles. The maximum absolute atomic E-state index is 6.15. The first-order valence-electron chi connectivity index (χ1n) is 9.29. The number of hydrogen-bond donors (Lipinski definition) is 1. The molecule has 7 heteroatoms. The van der Waals surface area contributed by atoms with E-state index in [0.717, 1.165) is 22.4 Å². The molecule has 6 nitrogen and oxygen atoms in total. The Hall–Kier alpha value is -3.51. The summed E-state index contributed by atoms with van der Waals surface area (Å²) in [6, 6.07) is 21.3. The number of nitrogens with one attached hydrogen (secondary N) is 1. The van der Waals surface area contributed by atoms with E-state index in [4.69, 9.17) is 25.8 Å². The zero-order valence-corrected chi connectivity index (χ0v) is 17.3. The van der Waals surface area contributed by atoms with Crippen LogP contribution in [0.15, 0.2) is 66.7 Å². The predicted octanol–water partition coefficient (Wildman–Crippen LogP) is 5.62. The van der Waals surface area contributed by atoms with Gasteiger partial charge in [-0.1, -0.05) is 36.4 Å². The Morgan fingerprint density at radius 1 is 0.867 bits per heavy atom. The van der Waals surface area contributed by atoms with Crippen molar-refractivity contribution in [2.45, 2.75) is 6.61 Å². The minimum atomic E-state index is 0.133. The van der Waals surface area contributed by atoms with Crippen molar-refractivity contribution < 1.29 is 14.2 Å². The van der Waals surface area contributed by atoms with Crippen molar-refractivity contribution in [2.24, 2.45) is 0 Å². The van der Waals surface area contributed by atoms with Gasteiger partial charge in [0.2, 0.25) is 5.28 Å². The number of benzene rings is 3. The fourth-order valence-corrected chi connectivity index (χ4v) is 3.24. The molecule has 0 unspecified atom stereocenters. The van der Waals surface area contributed by atoms with Crippen LogP contribution in [0.4, 0.5) is 11.5 Å². The van der Waals surface area contributed by atoms with E-state index in [1.165, 1.54) is 0 Å².